The number of benzene rings is 2. The van der Waals surface area contributed by atoms with E-state index in [9.17, 15) is 23.9 Å². The molecule has 0 aliphatic carbocycles. The van der Waals surface area contributed by atoms with Crippen LogP contribution < -0.4 is 20.9 Å². The normalized spacial score (nSPS) is 10.8. The van der Waals surface area contributed by atoms with E-state index in [1.54, 1.807) is 6.92 Å². The Morgan fingerprint density at radius 3 is 2.48 bits per heavy atom. The van der Waals surface area contributed by atoms with E-state index in [0.717, 1.165) is 12.1 Å². The van der Waals surface area contributed by atoms with Crippen LogP contribution in [0.2, 0.25) is 5.02 Å². The Kier molecular flexibility index (Phi) is 4.96. The third-order valence-electron chi connectivity index (χ3n) is 3.84. The molecule has 3 aromatic rings. The first-order valence-electron chi connectivity index (χ1n) is 7.89. The number of anilines is 2. The van der Waals surface area contributed by atoms with Crippen molar-refractivity contribution in [1.82, 2.24) is 0 Å². The third-order valence-corrected chi connectivity index (χ3v) is 4.09. The van der Waals surface area contributed by atoms with Gasteiger partial charge in [-0.05, 0) is 37.3 Å². The Bertz CT molecular complexity index is 1100. The maximum absolute atomic E-state index is 14.0. The number of carbonyl (C=O) groups excluding carboxylic acids is 1. The summed E-state index contributed by atoms with van der Waals surface area (Å²) in [5.74, 6) is -2.21. The van der Waals surface area contributed by atoms with Crippen molar-refractivity contribution < 1.29 is 19.0 Å². The fraction of sp³-hybridized carbons (Fsp3) is 0.105. The molecule has 0 saturated carbocycles. The maximum atomic E-state index is 14.0. The molecule has 0 unspecified atom stereocenters. The fourth-order valence-electron chi connectivity index (χ4n) is 2.53. The smallest absolute Gasteiger partial charge is 0.272 e. The molecule has 0 aliphatic heterocycles. The molecule has 3 aromatic carbocycles. The van der Waals surface area contributed by atoms with E-state index in [-0.39, 0.29) is 34.9 Å². The number of aromatic hydroxyl groups is 1. The summed E-state index contributed by atoms with van der Waals surface area (Å²) < 4.78 is 19.1. The highest BCUT2D eigenvalue weighted by molar-refractivity contribution is 6.30. The predicted octanol–water partition coefficient (Wildman–Crippen LogP) is 3.15. The molecule has 0 atom stereocenters. The van der Waals surface area contributed by atoms with Crippen LogP contribution in [0.15, 0.2) is 46.0 Å². The van der Waals surface area contributed by atoms with Gasteiger partial charge in [0.1, 0.15) is 17.3 Å². The van der Waals surface area contributed by atoms with Crippen LogP contribution in [-0.4, -0.2) is 17.5 Å². The van der Waals surface area contributed by atoms with Gasteiger partial charge < -0.3 is 15.2 Å². The molecule has 0 amide bonds. The number of ether oxygens (including phenoxy) is 1. The van der Waals surface area contributed by atoms with Crippen LogP contribution >= 0.6 is 11.6 Å². The van der Waals surface area contributed by atoms with E-state index in [1.165, 1.54) is 24.3 Å². The van der Waals surface area contributed by atoms with E-state index in [2.05, 4.69) is 5.32 Å². The zero-order chi connectivity index (χ0) is 19.7. The molecule has 3 rings (SSSR count). The van der Waals surface area contributed by atoms with Crippen LogP contribution in [0.5, 0.6) is 11.5 Å². The SMILES string of the molecule is CCOc1c(Nc2cc(F)cc(C(=O)c3ccc(Cl)cc3)c2O)c(=O)c1=O. The number of ketones is 1. The fourth-order valence-corrected chi connectivity index (χ4v) is 2.65. The minimum atomic E-state index is -0.854. The van der Waals surface area contributed by atoms with Crippen LogP contribution in [0.1, 0.15) is 22.8 Å². The number of nitrogens with one attached hydrogen (secondary N) is 1. The summed E-state index contributed by atoms with van der Waals surface area (Å²) in [6.45, 7) is 1.78. The second-order valence-corrected chi connectivity index (χ2v) is 6.04. The lowest BCUT2D eigenvalue weighted by Gasteiger charge is -2.15. The van der Waals surface area contributed by atoms with Gasteiger partial charge in [0.15, 0.2) is 11.5 Å². The largest absolute Gasteiger partial charge is 0.505 e. The summed E-state index contributed by atoms with van der Waals surface area (Å²) in [5.41, 5.74) is -2.22. The number of carbonyl (C=O) groups is 1. The van der Waals surface area contributed by atoms with Gasteiger partial charge in [0.25, 0.3) is 10.9 Å². The van der Waals surface area contributed by atoms with E-state index >= 15 is 0 Å². The van der Waals surface area contributed by atoms with E-state index < -0.39 is 28.2 Å². The van der Waals surface area contributed by atoms with Crippen LogP contribution in [0, 0.1) is 5.82 Å². The van der Waals surface area contributed by atoms with Gasteiger partial charge in [-0.15, -0.1) is 0 Å². The molecule has 2 N–H and O–H groups in total. The van der Waals surface area contributed by atoms with Gasteiger partial charge in [-0.2, -0.15) is 0 Å². The molecule has 0 aromatic heterocycles. The van der Waals surface area contributed by atoms with Crippen molar-refractivity contribution in [2.75, 3.05) is 11.9 Å². The van der Waals surface area contributed by atoms with Crippen molar-refractivity contribution in [3.8, 4) is 11.5 Å². The van der Waals surface area contributed by atoms with Gasteiger partial charge in [0.05, 0.1) is 17.9 Å². The number of hydrogen-bond acceptors (Lipinski definition) is 6. The molecule has 0 fully saturated rings. The van der Waals surface area contributed by atoms with Crippen molar-refractivity contribution in [2.45, 2.75) is 6.92 Å². The van der Waals surface area contributed by atoms with Crippen molar-refractivity contribution in [3.05, 3.63) is 78.8 Å². The second kappa shape index (κ2) is 7.20. The van der Waals surface area contributed by atoms with Crippen LogP contribution in [0.25, 0.3) is 0 Å². The topological polar surface area (TPSA) is 92.7 Å². The lowest BCUT2D eigenvalue weighted by atomic mass is 10.0. The number of phenolic OH excluding ortho intramolecular Hbond substituents is 1. The van der Waals surface area contributed by atoms with Gasteiger partial charge >= 0.3 is 0 Å². The zero-order valence-corrected chi connectivity index (χ0v) is 14.8. The van der Waals surface area contributed by atoms with Crippen LogP contribution in [0.3, 0.4) is 0 Å². The van der Waals surface area contributed by atoms with Crippen molar-refractivity contribution >= 4 is 28.8 Å². The Hall–Kier alpha value is -3.19. The third kappa shape index (κ3) is 3.41. The summed E-state index contributed by atoms with van der Waals surface area (Å²) in [6.07, 6.45) is 0. The summed E-state index contributed by atoms with van der Waals surface area (Å²) in [4.78, 5) is 35.8. The Balaban J connectivity index is 2.01. The van der Waals surface area contributed by atoms with Crippen molar-refractivity contribution in [2.24, 2.45) is 0 Å². The Labute approximate surface area is 157 Å². The molecule has 27 heavy (non-hydrogen) atoms. The van der Waals surface area contributed by atoms with Crippen molar-refractivity contribution in [3.63, 3.8) is 0 Å². The summed E-state index contributed by atoms with van der Waals surface area (Å²) in [5, 5.41) is 13.3. The highest BCUT2D eigenvalue weighted by Gasteiger charge is 2.25. The highest BCUT2D eigenvalue weighted by atomic mass is 35.5. The summed E-state index contributed by atoms with van der Waals surface area (Å²) >= 11 is 5.78. The Morgan fingerprint density at radius 2 is 1.85 bits per heavy atom. The molecule has 0 saturated heterocycles. The standard InChI is InChI=1S/C19H13ClFNO5/c1-2-27-19-14(17(25)18(19)26)22-13-8-11(21)7-12(16(13)24)15(23)9-3-5-10(20)6-4-9/h3-8,22,24H,2H2,1H3. The van der Waals surface area contributed by atoms with Gasteiger partial charge in [-0.3, -0.25) is 14.4 Å². The average molecular weight is 390 g/mol. The van der Waals surface area contributed by atoms with E-state index in [0.29, 0.717) is 5.02 Å². The summed E-state index contributed by atoms with van der Waals surface area (Å²) in [7, 11) is 0. The Morgan fingerprint density at radius 1 is 1.19 bits per heavy atom. The van der Waals surface area contributed by atoms with E-state index in [1.807, 2.05) is 0 Å². The first-order valence-corrected chi connectivity index (χ1v) is 8.27. The quantitative estimate of drug-likeness (QED) is 0.382. The zero-order valence-electron chi connectivity index (χ0n) is 14.0. The van der Waals surface area contributed by atoms with E-state index in [4.69, 9.17) is 16.3 Å². The minimum Gasteiger partial charge on any atom is -0.505 e. The number of rotatable bonds is 6. The lowest BCUT2D eigenvalue weighted by Crippen LogP contribution is -2.35. The highest BCUT2D eigenvalue weighted by Crippen LogP contribution is 2.34. The van der Waals surface area contributed by atoms with Gasteiger partial charge in [-0.25, -0.2) is 4.39 Å². The number of halogens is 2. The van der Waals surface area contributed by atoms with Crippen LogP contribution in [-0.2, 0) is 0 Å². The predicted molar refractivity (Wildman–Crippen MR) is 98.8 cm³/mol. The molecule has 0 aliphatic rings. The first-order chi connectivity index (χ1) is 12.8. The molecule has 6 nitrogen and oxygen atoms in total. The van der Waals surface area contributed by atoms with Crippen molar-refractivity contribution in [1.29, 1.82) is 0 Å². The maximum Gasteiger partial charge on any atom is 0.272 e. The summed E-state index contributed by atoms with van der Waals surface area (Å²) in [6, 6.07) is 7.63. The molecule has 0 heterocycles. The van der Waals surface area contributed by atoms with Gasteiger partial charge in [0, 0.05) is 16.7 Å². The number of hydrogen-bond donors (Lipinski definition) is 2. The molecule has 8 heteroatoms. The average Bonchev–Trinajstić information content (AvgIpc) is 2.66. The minimum absolute atomic E-state index is 0.148. The second-order valence-electron chi connectivity index (χ2n) is 5.61. The lowest BCUT2D eigenvalue weighted by molar-refractivity contribution is 0.103. The number of phenols is 1. The first kappa shape index (κ1) is 18.6. The molecule has 0 bridgehead atoms. The molecule has 138 valence electrons. The monoisotopic (exact) mass is 389 g/mol. The molecular weight excluding hydrogens is 377 g/mol. The van der Waals surface area contributed by atoms with Gasteiger partial charge in [-0.1, -0.05) is 11.6 Å². The van der Waals surface area contributed by atoms with Crippen LogP contribution in [0.4, 0.5) is 15.8 Å². The molecule has 0 spiro atoms. The molecular formula is C19H13ClFNO5. The molecule has 0 radical (unpaired) electrons. The van der Waals surface area contributed by atoms with Gasteiger partial charge in [0.2, 0.25) is 0 Å².